The Balaban J connectivity index is 1.65. The third-order valence-corrected chi connectivity index (χ3v) is 7.20. The molecule has 1 unspecified atom stereocenters. The molecule has 2 N–H and O–H groups in total. The minimum atomic E-state index is -4.92. The van der Waals surface area contributed by atoms with Crippen LogP contribution in [0.3, 0.4) is 0 Å². The molecule has 3 rings (SSSR count). The van der Waals surface area contributed by atoms with Crippen LogP contribution in [0, 0.1) is 11.6 Å². The van der Waals surface area contributed by atoms with E-state index in [1.165, 1.54) is 23.6 Å². The van der Waals surface area contributed by atoms with Crippen LogP contribution in [-0.4, -0.2) is 29.9 Å². The summed E-state index contributed by atoms with van der Waals surface area (Å²) in [6, 6.07) is 7.03. The molecule has 0 aliphatic heterocycles. The molecular formula is C23H21ClF2NO7PS. The average molecular weight is 560 g/mol. The SMILES string of the molecule is CC(C)OC(=O)OCOP(=O)(O)c1cc(C=CNC(=O)Cc2csc3ccc(Cl)cc23)cc(F)c1F. The first-order chi connectivity index (χ1) is 17.0. The number of halogens is 3. The van der Waals surface area contributed by atoms with Gasteiger partial charge in [0.25, 0.3) is 0 Å². The molecule has 0 bridgehead atoms. The standard InChI is InChI=1S/C23H21ClF2NO7PS/c1-13(2)34-23(29)32-12-33-35(30,31)19-8-14(7-18(25)22(19)26)5-6-27-21(28)9-15-11-36-20-4-3-16(24)10-17(15)20/h3-8,10-11,13H,9,12H2,1-2H3,(H,27,28)(H,30,31). The number of ether oxygens (including phenoxy) is 2. The summed E-state index contributed by atoms with van der Waals surface area (Å²) in [7, 11) is -4.92. The minimum Gasteiger partial charge on any atom is -0.432 e. The second-order valence-corrected chi connectivity index (χ2v) is 10.8. The lowest BCUT2D eigenvalue weighted by atomic mass is 10.1. The van der Waals surface area contributed by atoms with Crippen molar-refractivity contribution in [1.29, 1.82) is 0 Å². The van der Waals surface area contributed by atoms with Crippen molar-refractivity contribution in [2.45, 2.75) is 26.4 Å². The molecule has 0 fully saturated rings. The summed E-state index contributed by atoms with van der Waals surface area (Å²) in [6.45, 7) is 2.08. The van der Waals surface area contributed by atoms with Gasteiger partial charge in [0.1, 0.15) is 5.30 Å². The fourth-order valence-electron chi connectivity index (χ4n) is 2.98. The smallest absolute Gasteiger partial charge is 0.432 e. The molecule has 36 heavy (non-hydrogen) atoms. The Morgan fingerprint density at radius 3 is 2.72 bits per heavy atom. The molecule has 3 aromatic rings. The van der Waals surface area contributed by atoms with E-state index in [2.05, 4.69) is 19.3 Å². The number of fused-ring (bicyclic) bond motifs is 1. The Kier molecular flexibility index (Phi) is 9.21. The van der Waals surface area contributed by atoms with Crippen LogP contribution in [0.4, 0.5) is 13.6 Å². The highest BCUT2D eigenvalue weighted by molar-refractivity contribution is 7.61. The van der Waals surface area contributed by atoms with Crippen molar-refractivity contribution in [2.24, 2.45) is 0 Å². The molecule has 0 radical (unpaired) electrons. The molecule has 0 saturated heterocycles. The van der Waals surface area contributed by atoms with E-state index in [1.54, 1.807) is 26.0 Å². The van der Waals surface area contributed by atoms with Gasteiger partial charge in [-0.15, -0.1) is 11.3 Å². The predicted octanol–water partition coefficient (Wildman–Crippen LogP) is 5.51. The van der Waals surface area contributed by atoms with Gasteiger partial charge in [-0.3, -0.25) is 13.9 Å². The van der Waals surface area contributed by atoms with E-state index in [0.29, 0.717) is 5.02 Å². The van der Waals surface area contributed by atoms with Gasteiger partial charge in [-0.25, -0.2) is 13.6 Å². The normalized spacial score (nSPS) is 13.2. The van der Waals surface area contributed by atoms with Crippen molar-refractivity contribution in [1.82, 2.24) is 5.32 Å². The van der Waals surface area contributed by atoms with Gasteiger partial charge in [-0.1, -0.05) is 11.6 Å². The zero-order valence-corrected chi connectivity index (χ0v) is 21.5. The van der Waals surface area contributed by atoms with E-state index >= 15 is 0 Å². The Hall–Kier alpha value is -2.82. The minimum absolute atomic E-state index is 0.0324. The molecular weight excluding hydrogens is 539 g/mol. The van der Waals surface area contributed by atoms with Crippen molar-refractivity contribution < 1.29 is 41.8 Å². The number of carbonyl (C=O) groups is 2. The number of benzene rings is 2. The third kappa shape index (κ3) is 7.35. The molecule has 0 saturated carbocycles. The quantitative estimate of drug-likeness (QED) is 0.202. The van der Waals surface area contributed by atoms with E-state index in [4.69, 9.17) is 11.6 Å². The molecule has 1 heterocycles. The third-order valence-electron chi connectivity index (χ3n) is 4.56. The molecule has 192 valence electrons. The number of hydrogen-bond acceptors (Lipinski definition) is 7. The fourth-order valence-corrected chi connectivity index (χ4v) is 5.10. The molecule has 2 aromatic carbocycles. The van der Waals surface area contributed by atoms with Crippen LogP contribution in [0.5, 0.6) is 0 Å². The highest BCUT2D eigenvalue weighted by Crippen LogP contribution is 2.42. The topological polar surface area (TPSA) is 111 Å². The highest BCUT2D eigenvalue weighted by Gasteiger charge is 2.30. The van der Waals surface area contributed by atoms with Crippen molar-refractivity contribution in [3.8, 4) is 0 Å². The summed E-state index contributed by atoms with van der Waals surface area (Å²) < 4.78 is 55.4. The summed E-state index contributed by atoms with van der Waals surface area (Å²) in [5.74, 6) is -3.40. The Morgan fingerprint density at radius 1 is 1.25 bits per heavy atom. The Labute approximate surface area is 214 Å². The first-order valence-electron chi connectivity index (χ1n) is 10.4. The molecule has 0 spiro atoms. The maximum atomic E-state index is 14.2. The molecule has 1 atom stereocenters. The number of amides is 1. The number of rotatable bonds is 9. The zero-order valence-electron chi connectivity index (χ0n) is 19.0. The van der Waals surface area contributed by atoms with Gasteiger partial charge >= 0.3 is 13.8 Å². The molecule has 8 nitrogen and oxygen atoms in total. The van der Waals surface area contributed by atoms with Crippen LogP contribution < -0.4 is 10.6 Å². The van der Waals surface area contributed by atoms with Gasteiger partial charge in [0.15, 0.2) is 11.6 Å². The maximum absolute atomic E-state index is 14.2. The fraction of sp³-hybridized carbons (Fsp3) is 0.217. The van der Waals surface area contributed by atoms with Crippen molar-refractivity contribution in [2.75, 3.05) is 6.79 Å². The van der Waals surface area contributed by atoms with Crippen LogP contribution in [0.1, 0.15) is 25.0 Å². The molecule has 1 aromatic heterocycles. The zero-order chi connectivity index (χ0) is 26.5. The number of hydrogen-bond donors (Lipinski definition) is 2. The van der Waals surface area contributed by atoms with Crippen LogP contribution in [-0.2, 0) is 29.8 Å². The first kappa shape index (κ1) is 27.8. The predicted molar refractivity (Wildman–Crippen MR) is 132 cm³/mol. The van der Waals surface area contributed by atoms with Crippen LogP contribution in [0.25, 0.3) is 16.2 Å². The molecule has 1 amide bonds. The lowest BCUT2D eigenvalue weighted by Crippen LogP contribution is -2.19. The lowest BCUT2D eigenvalue weighted by Gasteiger charge is -2.14. The summed E-state index contributed by atoms with van der Waals surface area (Å²) in [6.07, 6.45) is 0.782. The monoisotopic (exact) mass is 559 g/mol. The van der Waals surface area contributed by atoms with Crippen LogP contribution >= 0.6 is 30.5 Å². The van der Waals surface area contributed by atoms with Gasteiger partial charge in [0.05, 0.1) is 12.5 Å². The van der Waals surface area contributed by atoms with E-state index < -0.39 is 43.6 Å². The summed E-state index contributed by atoms with van der Waals surface area (Å²) >= 11 is 7.50. The van der Waals surface area contributed by atoms with Crippen molar-refractivity contribution >= 4 is 64.1 Å². The summed E-state index contributed by atoms with van der Waals surface area (Å²) in [4.78, 5) is 33.7. The maximum Gasteiger partial charge on any atom is 0.510 e. The number of nitrogens with one attached hydrogen (secondary N) is 1. The van der Waals surface area contributed by atoms with Crippen molar-refractivity contribution in [3.05, 3.63) is 69.7 Å². The summed E-state index contributed by atoms with van der Waals surface area (Å²) in [5.41, 5.74) is 0.742. The van der Waals surface area contributed by atoms with Gasteiger partial charge in [0, 0.05) is 15.9 Å². The second-order valence-electron chi connectivity index (χ2n) is 7.64. The van der Waals surface area contributed by atoms with Crippen molar-refractivity contribution in [3.63, 3.8) is 0 Å². The van der Waals surface area contributed by atoms with Gasteiger partial charge in [-0.05, 0) is 72.1 Å². The molecule has 0 aliphatic rings. The highest BCUT2D eigenvalue weighted by atomic mass is 35.5. The lowest BCUT2D eigenvalue weighted by molar-refractivity contribution is -0.119. The summed E-state index contributed by atoms with van der Waals surface area (Å²) in [5, 5.41) is 4.78. The van der Waals surface area contributed by atoms with Gasteiger partial charge in [-0.2, -0.15) is 0 Å². The number of carbonyl (C=O) groups excluding carboxylic acids is 2. The van der Waals surface area contributed by atoms with Gasteiger partial charge in [0.2, 0.25) is 12.7 Å². The first-order valence-corrected chi connectivity index (χ1v) is 13.2. The van der Waals surface area contributed by atoms with E-state index in [9.17, 15) is 27.8 Å². The van der Waals surface area contributed by atoms with Crippen LogP contribution in [0.2, 0.25) is 5.02 Å². The molecule has 13 heteroatoms. The van der Waals surface area contributed by atoms with Gasteiger partial charge < -0.3 is 19.7 Å². The van der Waals surface area contributed by atoms with Crippen LogP contribution in [0.15, 0.2) is 41.9 Å². The average Bonchev–Trinajstić information content (AvgIpc) is 3.16. The van der Waals surface area contributed by atoms with E-state index in [0.717, 1.165) is 27.8 Å². The second kappa shape index (κ2) is 11.9. The Bertz CT molecular complexity index is 1360. The largest absolute Gasteiger partial charge is 0.510 e. The number of thiophene rings is 1. The molecule has 0 aliphatic carbocycles. The van der Waals surface area contributed by atoms with E-state index in [1.807, 2.05) is 11.4 Å². The Morgan fingerprint density at radius 2 is 2.00 bits per heavy atom. The van der Waals surface area contributed by atoms with E-state index in [-0.39, 0.29) is 17.9 Å².